The Labute approximate surface area is 105 Å². The molecule has 0 aromatic heterocycles. The molecule has 0 unspecified atom stereocenters. The maximum Gasteiger partial charge on any atom is 0.303 e. The van der Waals surface area contributed by atoms with Crippen LogP contribution >= 0.6 is 11.6 Å². The predicted molar refractivity (Wildman–Crippen MR) is 65.1 cm³/mol. The van der Waals surface area contributed by atoms with Gasteiger partial charge in [0.2, 0.25) is 0 Å². The molecule has 0 aliphatic carbocycles. The summed E-state index contributed by atoms with van der Waals surface area (Å²) in [4.78, 5) is 10.6. The molecule has 0 atom stereocenters. The van der Waals surface area contributed by atoms with Crippen LogP contribution in [0, 0.1) is 0 Å². The molecule has 17 heavy (non-hydrogen) atoms. The van der Waals surface area contributed by atoms with E-state index < -0.39 is 15.8 Å². The molecule has 0 bridgehead atoms. The lowest BCUT2D eigenvalue weighted by Crippen LogP contribution is -2.04. The van der Waals surface area contributed by atoms with Gasteiger partial charge in [0.25, 0.3) is 0 Å². The van der Waals surface area contributed by atoms with Gasteiger partial charge >= 0.3 is 5.97 Å². The van der Waals surface area contributed by atoms with E-state index in [-0.39, 0.29) is 11.3 Å². The first kappa shape index (κ1) is 14.0. The summed E-state index contributed by atoms with van der Waals surface area (Å²) in [5.74, 6) is -0.905. The van der Waals surface area contributed by atoms with E-state index in [1.54, 1.807) is 12.1 Å². The number of hydrogen-bond donors (Lipinski definition) is 1. The van der Waals surface area contributed by atoms with Gasteiger partial charge in [0.1, 0.15) is 0 Å². The molecule has 1 rings (SSSR count). The van der Waals surface area contributed by atoms with Crippen LogP contribution in [0.1, 0.15) is 18.4 Å². The maximum absolute atomic E-state index is 11.5. The second-order valence-electron chi connectivity index (χ2n) is 3.74. The number of rotatable bonds is 5. The zero-order valence-electron chi connectivity index (χ0n) is 9.31. The summed E-state index contributed by atoms with van der Waals surface area (Å²) in [6, 6.07) is 4.66. The highest BCUT2D eigenvalue weighted by Gasteiger charge is 2.15. The summed E-state index contributed by atoms with van der Waals surface area (Å²) in [5.41, 5.74) is 0.498. The van der Waals surface area contributed by atoms with E-state index in [2.05, 4.69) is 0 Å². The number of hydrogen-bond acceptors (Lipinski definition) is 3. The highest BCUT2D eigenvalue weighted by atomic mass is 35.5. The molecule has 94 valence electrons. The third-order valence-corrected chi connectivity index (χ3v) is 3.83. The highest BCUT2D eigenvalue weighted by Crippen LogP contribution is 2.25. The number of carboxylic acids is 1. The van der Waals surface area contributed by atoms with Gasteiger partial charge in [-0.15, -0.1) is 0 Å². The van der Waals surface area contributed by atoms with Crippen LogP contribution < -0.4 is 0 Å². The van der Waals surface area contributed by atoms with Gasteiger partial charge in [0.05, 0.1) is 4.90 Å². The first-order valence-electron chi connectivity index (χ1n) is 5.01. The van der Waals surface area contributed by atoms with E-state index in [1.165, 1.54) is 6.07 Å². The molecular weight excluding hydrogens is 264 g/mol. The third kappa shape index (κ3) is 4.02. The van der Waals surface area contributed by atoms with Crippen LogP contribution in [-0.4, -0.2) is 25.7 Å². The van der Waals surface area contributed by atoms with Gasteiger partial charge in [-0.3, -0.25) is 4.79 Å². The number of halogens is 1. The molecule has 1 N–H and O–H groups in total. The molecule has 4 nitrogen and oxygen atoms in total. The van der Waals surface area contributed by atoms with Crippen molar-refractivity contribution in [3.8, 4) is 0 Å². The van der Waals surface area contributed by atoms with Crippen molar-refractivity contribution in [2.24, 2.45) is 0 Å². The Balaban J connectivity index is 3.01. The third-order valence-electron chi connectivity index (χ3n) is 2.29. The summed E-state index contributed by atoms with van der Waals surface area (Å²) in [5, 5.41) is 8.90. The lowest BCUT2D eigenvalue weighted by Gasteiger charge is -2.09. The Hall–Kier alpha value is -1.07. The monoisotopic (exact) mass is 276 g/mol. The number of carbonyl (C=O) groups is 1. The Morgan fingerprint density at radius 3 is 2.59 bits per heavy atom. The minimum absolute atomic E-state index is 0.00553. The lowest BCUT2D eigenvalue weighted by molar-refractivity contribution is -0.137. The van der Waals surface area contributed by atoms with Crippen molar-refractivity contribution in [1.29, 1.82) is 0 Å². The van der Waals surface area contributed by atoms with Gasteiger partial charge in [-0.1, -0.05) is 17.7 Å². The Morgan fingerprint density at radius 2 is 2.06 bits per heavy atom. The molecule has 0 radical (unpaired) electrons. The number of benzene rings is 1. The average molecular weight is 277 g/mol. The minimum Gasteiger partial charge on any atom is -0.481 e. The van der Waals surface area contributed by atoms with Gasteiger partial charge in [-0.05, 0) is 30.5 Å². The van der Waals surface area contributed by atoms with Crippen molar-refractivity contribution in [2.75, 3.05) is 6.26 Å². The SMILES string of the molecule is CS(=O)(=O)c1cccc(Cl)c1CCCC(=O)O. The van der Waals surface area contributed by atoms with Gasteiger partial charge in [0.15, 0.2) is 9.84 Å². The van der Waals surface area contributed by atoms with Crippen LogP contribution in [0.4, 0.5) is 0 Å². The molecule has 0 heterocycles. The summed E-state index contributed by atoms with van der Waals surface area (Å²) < 4.78 is 23.1. The van der Waals surface area contributed by atoms with E-state index >= 15 is 0 Å². The normalized spacial score (nSPS) is 11.4. The van der Waals surface area contributed by atoms with Crippen LogP contribution in [0.5, 0.6) is 0 Å². The van der Waals surface area contributed by atoms with E-state index in [0.29, 0.717) is 23.4 Å². The topological polar surface area (TPSA) is 71.4 Å². The van der Waals surface area contributed by atoms with Crippen LogP contribution in [0.25, 0.3) is 0 Å². The van der Waals surface area contributed by atoms with Crippen LogP contribution in [-0.2, 0) is 21.1 Å². The highest BCUT2D eigenvalue weighted by molar-refractivity contribution is 7.90. The van der Waals surface area contributed by atoms with Crippen LogP contribution in [0.3, 0.4) is 0 Å². The number of carboxylic acid groups (broad SMARTS) is 1. The fraction of sp³-hybridized carbons (Fsp3) is 0.364. The largest absolute Gasteiger partial charge is 0.481 e. The average Bonchev–Trinajstić information content (AvgIpc) is 2.18. The Bertz CT molecular complexity index is 522. The van der Waals surface area contributed by atoms with Gasteiger partial charge < -0.3 is 5.11 Å². The summed E-state index contributed by atoms with van der Waals surface area (Å²) >= 11 is 5.94. The zero-order valence-corrected chi connectivity index (χ0v) is 10.9. The Kier molecular flexibility index (Phi) is 4.54. The first-order chi connectivity index (χ1) is 7.82. The molecule has 0 spiro atoms. The lowest BCUT2D eigenvalue weighted by atomic mass is 10.1. The maximum atomic E-state index is 11.5. The Morgan fingerprint density at radius 1 is 1.41 bits per heavy atom. The molecule has 0 amide bonds. The molecular formula is C11H13ClO4S. The fourth-order valence-electron chi connectivity index (χ4n) is 1.55. The van der Waals surface area contributed by atoms with E-state index in [9.17, 15) is 13.2 Å². The first-order valence-corrected chi connectivity index (χ1v) is 7.28. The van der Waals surface area contributed by atoms with E-state index in [4.69, 9.17) is 16.7 Å². The molecule has 6 heteroatoms. The summed E-state index contributed by atoms with van der Waals surface area (Å²) in [6.45, 7) is 0. The zero-order chi connectivity index (χ0) is 13.1. The molecule has 1 aromatic rings. The van der Waals surface area contributed by atoms with Crippen LogP contribution in [0.15, 0.2) is 23.1 Å². The van der Waals surface area contributed by atoms with Crippen molar-refractivity contribution >= 4 is 27.4 Å². The molecule has 0 fully saturated rings. The molecule has 0 aliphatic heterocycles. The van der Waals surface area contributed by atoms with Gasteiger partial charge in [-0.2, -0.15) is 0 Å². The summed E-state index contributed by atoms with van der Waals surface area (Å²) in [7, 11) is -3.34. The standard InChI is InChI=1S/C11H13ClO4S/c1-17(15,16)10-6-3-5-9(12)8(10)4-2-7-11(13)14/h3,5-6H,2,4,7H2,1H3,(H,13,14). The smallest absolute Gasteiger partial charge is 0.303 e. The van der Waals surface area contributed by atoms with Gasteiger partial charge in [-0.25, -0.2) is 8.42 Å². The number of aliphatic carboxylic acids is 1. The quantitative estimate of drug-likeness (QED) is 0.894. The van der Waals surface area contributed by atoms with E-state index in [1.807, 2.05) is 0 Å². The van der Waals surface area contributed by atoms with Crippen molar-refractivity contribution in [3.63, 3.8) is 0 Å². The molecule has 0 aliphatic rings. The number of sulfone groups is 1. The summed E-state index contributed by atoms with van der Waals surface area (Å²) in [6.07, 6.45) is 1.81. The van der Waals surface area contributed by atoms with Crippen LogP contribution in [0.2, 0.25) is 5.02 Å². The second-order valence-corrected chi connectivity index (χ2v) is 6.13. The van der Waals surface area contributed by atoms with Gasteiger partial charge in [0, 0.05) is 17.7 Å². The molecule has 0 saturated carbocycles. The van der Waals surface area contributed by atoms with E-state index in [0.717, 1.165) is 6.26 Å². The predicted octanol–water partition coefficient (Wildman–Crippen LogP) is 2.15. The van der Waals surface area contributed by atoms with Crippen molar-refractivity contribution in [3.05, 3.63) is 28.8 Å². The fourth-order valence-corrected chi connectivity index (χ4v) is 2.86. The van der Waals surface area contributed by atoms with Crippen molar-refractivity contribution in [2.45, 2.75) is 24.2 Å². The second kappa shape index (κ2) is 5.51. The molecule has 1 aromatic carbocycles. The molecule has 0 saturated heterocycles. The van der Waals surface area contributed by atoms with Crippen molar-refractivity contribution < 1.29 is 18.3 Å². The minimum atomic E-state index is -3.34. The van der Waals surface area contributed by atoms with Crippen molar-refractivity contribution in [1.82, 2.24) is 0 Å².